The van der Waals surface area contributed by atoms with Crippen molar-refractivity contribution in [2.45, 2.75) is 26.4 Å². The van der Waals surface area contributed by atoms with Gasteiger partial charge in [-0.3, -0.25) is 4.57 Å². The molecule has 4 aromatic rings. The van der Waals surface area contributed by atoms with Gasteiger partial charge < -0.3 is 15.2 Å². The third kappa shape index (κ3) is 5.76. The molecule has 0 aliphatic carbocycles. The standard InChI is InChI=1S/C23H20ClN5O5S/c1-2-11-28-21(32)27-20(29(23(28)33)13-14-3-5-15(24)6-4-14)26-16-7-9-17(10-8-16)34-22-25-12-18(35-22)19(30)31/h3-10,12H,2,11,13H2,1H3,(H,30,31)(H,26,27,32). The molecule has 0 spiro atoms. The van der Waals surface area contributed by atoms with Crippen molar-refractivity contribution < 1.29 is 14.6 Å². The predicted octanol–water partition coefficient (Wildman–Crippen LogP) is 4.21. The molecule has 2 aromatic carbocycles. The molecule has 10 nitrogen and oxygen atoms in total. The van der Waals surface area contributed by atoms with E-state index in [1.54, 1.807) is 48.5 Å². The Hall–Kier alpha value is -3.96. The summed E-state index contributed by atoms with van der Waals surface area (Å²) in [6.45, 7) is 2.32. The number of carboxylic acid groups (broad SMARTS) is 1. The van der Waals surface area contributed by atoms with Gasteiger partial charge in [-0.05, 0) is 48.4 Å². The number of ether oxygens (including phenoxy) is 1. The summed E-state index contributed by atoms with van der Waals surface area (Å²) < 4.78 is 8.09. The fourth-order valence-corrected chi connectivity index (χ4v) is 3.95. The molecule has 0 radical (unpaired) electrons. The number of hydrogen-bond donors (Lipinski definition) is 2. The van der Waals surface area contributed by atoms with Gasteiger partial charge in [-0.15, -0.1) is 0 Å². The summed E-state index contributed by atoms with van der Waals surface area (Å²) in [5.74, 6) is -0.538. The third-order valence-electron chi connectivity index (χ3n) is 4.86. The Morgan fingerprint density at radius 3 is 2.46 bits per heavy atom. The molecule has 0 aliphatic rings. The van der Waals surface area contributed by atoms with Gasteiger partial charge in [0.2, 0.25) is 5.95 Å². The fraction of sp³-hybridized carbons (Fsp3) is 0.174. The van der Waals surface area contributed by atoms with Gasteiger partial charge in [-0.2, -0.15) is 4.98 Å². The van der Waals surface area contributed by atoms with Crippen molar-refractivity contribution in [1.29, 1.82) is 0 Å². The van der Waals surface area contributed by atoms with Crippen molar-refractivity contribution in [3.05, 3.63) is 91.2 Å². The largest absolute Gasteiger partial charge is 0.477 e. The van der Waals surface area contributed by atoms with E-state index in [1.807, 2.05) is 6.92 Å². The number of carbonyl (C=O) groups is 1. The summed E-state index contributed by atoms with van der Waals surface area (Å²) in [7, 11) is 0. The molecule has 0 amide bonds. The first kappa shape index (κ1) is 24.2. The average molecular weight is 514 g/mol. The summed E-state index contributed by atoms with van der Waals surface area (Å²) in [4.78, 5) is 44.7. The summed E-state index contributed by atoms with van der Waals surface area (Å²) in [6, 6.07) is 13.7. The van der Waals surface area contributed by atoms with Crippen LogP contribution in [0.25, 0.3) is 0 Å². The van der Waals surface area contributed by atoms with E-state index in [1.165, 1.54) is 10.8 Å². The number of aromatic carboxylic acids is 1. The minimum atomic E-state index is -1.07. The lowest BCUT2D eigenvalue weighted by molar-refractivity contribution is 0.0702. The fourth-order valence-electron chi connectivity index (χ4n) is 3.20. The molecule has 2 N–H and O–H groups in total. The quantitative estimate of drug-likeness (QED) is 0.340. The zero-order valence-electron chi connectivity index (χ0n) is 18.5. The second-order valence-electron chi connectivity index (χ2n) is 7.41. The van der Waals surface area contributed by atoms with Crippen LogP contribution in [0.4, 0.5) is 11.6 Å². The van der Waals surface area contributed by atoms with E-state index in [0.29, 0.717) is 22.9 Å². The van der Waals surface area contributed by atoms with Gasteiger partial charge in [0.25, 0.3) is 5.19 Å². The maximum atomic E-state index is 13.1. The van der Waals surface area contributed by atoms with E-state index in [9.17, 15) is 14.4 Å². The van der Waals surface area contributed by atoms with Crippen LogP contribution in [0, 0.1) is 0 Å². The van der Waals surface area contributed by atoms with E-state index in [0.717, 1.165) is 21.5 Å². The Bertz CT molecular complexity index is 1460. The number of anilines is 2. The summed E-state index contributed by atoms with van der Waals surface area (Å²) >= 11 is 6.89. The van der Waals surface area contributed by atoms with Crippen LogP contribution < -0.4 is 21.4 Å². The van der Waals surface area contributed by atoms with Crippen molar-refractivity contribution in [3.63, 3.8) is 0 Å². The highest BCUT2D eigenvalue weighted by molar-refractivity contribution is 7.15. The molecule has 0 saturated carbocycles. The average Bonchev–Trinajstić information content (AvgIpc) is 3.31. The number of nitrogens with one attached hydrogen (secondary N) is 1. The van der Waals surface area contributed by atoms with E-state index < -0.39 is 17.3 Å². The summed E-state index contributed by atoms with van der Waals surface area (Å²) in [6.07, 6.45) is 1.84. The second kappa shape index (κ2) is 10.5. The molecule has 0 bridgehead atoms. The Morgan fingerprint density at radius 1 is 1.11 bits per heavy atom. The van der Waals surface area contributed by atoms with E-state index in [2.05, 4.69) is 15.3 Å². The maximum absolute atomic E-state index is 13.1. The van der Waals surface area contributed by atoms with Gasteiger partial charge in [0.15, 0.2) is 0 Å². The summed E-state index contributed by atoms with van der Waals surface area (Å²) in [5, 5.41) is 12.8. The first-order valence-corrected chi connectivity index (χ1v) is 11.7. The monoisotopic (exact) mass is 513 g/mol. The van der Waals surface area contributed by atoms with Crippen LogP contribution in [0.1, 0.15) is 28.6 Å². The SMILES string of the molecule is CCCn1c(=O)nc(Nc2ccc(Oc3ncc(C(=O)O)s3)cc2)n(Cc2ccc(Cl)cc2)c1=O. The normalized spacial score (nSPS) is 10.8. The molecule has 0 atom stereocenters. The number of carboxylic acids is 1. The Kier molecular flexibility index (Phi) is 7.28. The van der Waals surface area contributed by atoms with Crippen LogP contribution in [0.3, 0.4) is 0 Å². The van der Waals surface area contributed by atoms with Gasteiger partial charge >= 0.3 is 17.3 Å². The van der Waals surface area contributed by atoms with Crippen molar-refractivity contribution in [2.24, 2.45) is 0 Å². The van der Waals surface area contributed by atoms with Gasteiger partial charge in [-0.1, -0.05) is 42.0 Å². The van der Waals surface area contributed by atoms with Crippen LogP contribution in [0.5, 0.6) is 10.9 Å². The number of halogens is 1. The lowest BCUT2D eigenvalue weighted by atomic mass is 10.2. The van der Waals surface area contributed by atoms with E-state index >= 15 is 0 Å². The molecule has 2 heterocycles. The van der Waals surface area contributed by atoms with Gasteiger partial charge in [0.1, 0.15) is 10.6 Å². The number of benzene rings is 2. The Morgan fingerprint density at radius 2 is 1.83 bits per heavy atom. The van der Waals surface area contributed by atoms with Crippen LogP contribution in [-0.4, -0.2) is 30.2 Å². The molecule has 35 heavy (non-hydrogen) atoms. The molecule has 2 aromatic heterocycles. The molecule has 0 unspecified atom stereocenters. The Labute approximate surface area is 208 Å². The minimum Gasteiger partial charge on any atom is -0.477 e. The highest BCUT2D eigenvalue weighted by Crippen LogP contribution is 2.28. The zero-order valence-corrected chi connectivity index (χ0v) is 20.0. The smallest absolute Gasteiger partial charge is 0.354 e. The lowest BCUT2D eigenvalue weighted by Crippen LogP contribution is -2.42. The molecule has 0 aliphatic heterocycles. The van der Waals surface area contributed by atoms with Crippen molar-refractivity contribution >= 4 is 40.5 Å². The second-order valence-corrected chi connectivity index (χ2v) is 8.84. The Balaban J connectivity index is 1.60. The molecule has 4 rings (SSSR count). The number of rotatable bonds is 9. The zero-order chi connectivity index (χ0) is 24.9. The number of thiazole rings is 1. The maximum Gasteiger partial charge on any atom is 0.354 e. The minimum absolute atomic E-state index is 0.0702. The molecular weight excluding hydrogens is 494 g/mol. The molecule has 0 saturated heterocycles. The van der Waals surface area contributed by atoms with E-state index in [-0.39, 0.29) is 29.1 Å². The van der Waals surface area contributed by atoms with Gasteiger partial charge in [-0.25, -0.2) is 23.9 Å². The molecular formula is C23H20ClN5O5S. The van der Waals surface area contributed by atoms with Gasteiger partial charge in [0.05, 0.1) is 12.7 Å². The van der Waals surface area contributed by atoms with Gasteiger partial charge in [0, 0.05) is 17.3 Å². The first-order chi connectivity index (χ1) is 16.8. The van der Waals surface area contributed by atoms with Crippen molar-refractivity contribution in [1.82, 2.24) is 19.1 Å². The highest BCUT2D eigenvalue weighted by Gasteiger charge is 2.14. The van der Waals surface area contributed by atoms with Crippen LogP contribution in [0.15, 0.2) is 64.3 Å². The predicted molar refractivity (Wildman–Crippen MR) is 132 cm³/mol. The van der Waals surface area contributed by atoms with Crippen LogP contribution in [-0.2, 0) is 13.1 Å². The van der Waals surface area contributed by atoms with Crippen molar-refractivity contribution in [2.75, 3.05) is 5.32 Å². The van der Waals surface area contributed by atoms with Crippen LogP contribution >= 0.6 is 22.9 Å². The number of aromatic nitrogens is 4. The lowest BCUT2D eigenvalue weighted by Gasteiger charge is -2.15. The third-order valence-corrected chi connectivity index (χ3v) is 5.98. The molecule has 180 valence electrons. The van der Waals surface area contributed by atoms with E-state index in [4.69, 9.17) is 21.4 Å². The van der Waals surface area contributed by atoms with Crippen LogP contribution in [0.2, 0.25) is 5.02 Å². The van der Waals surface area contributed by atoms with Crippen molar-refractivity contribution in [3.8, 4) is 10.9 Å². The molecule has 0 fully saturated rings. The number of hydrogen-bond acceptors (Lipinski definition) is 8. The number of nitrogens with zero attached hydrogens (tertiary/aromatic N) is 4. The highest BCUT2D eigenvalue weighted by atomic mass is 35.5. The summed E-state index contributed by atoms with van der Waals surface area (Å²) in [5.41, 5.74) is 0.273. The first-order valence-electron chi connectivity index (χ1n) is 10.5. The molecule has 12 heteroatoms. The topological polar surface area (TPSA) is 128 Å².